The number of aryl methyl sites for hydroxylation is 1. The van der Waals surface area contributed by atoms with Crippen molar-refractivity contribution in [1.82, 2.24) is 19.8 Å². The Morgan fingerprint density at radius 2 is 1.78 bits per heavy atom. The molecule has 0 radical (unpaired) electrons. The van der Waals surface area contributed by atoms with E-state index in [9.17, 15) is 9.18 Å². The Morgan fingerprint density at radius 3 is 2.51 bits per heavy atom. The summed E-state index contributed by atoms with van der Waals surface area (Å²) < 4.78 is 16.3. The predicted octanol–water partition coefficient (Wildman–Crippen LogP) is 5.63. The van der Waals surface area contributed by atoms with Crippen molar-refractivity contribution < 1.29 is 9.18 Å². The number of anilines is 1. The first kappa shape index (κ1) is 24.6. The molecular formula is C29H28FN5OS. The van der Waals surface area contributed by atoms with Crippen molar-refractivity contribution in [3.63, 3.8) is 0 Å². The summed E-state index contributed by atoms with van der Waals surface area (Å²) in [6.07, 6.45) is 1.92. The summed E-state index contributed by atoms with van der Waals surface area (Å²) in [7, 11) is 0. The van der Waals surface area contributed by atoms with Crippen LogP contribution in [0, 0.1) is 19.7 Å². The van der Waals surface area contributed by atoms with Crippen LogP contribution in [0.5, 0.6) is 0 Å². The Balaban J connectivity index is 1.47. The molecule has 0 unspecified atom stereocenters. The van der Waals surface area contributed by atoms with Crippen LogP contribution in [0.15, 0.2) is 85.1 Å². The Hall–Kier alpha value is -4.04. The van der Waals surface area contributed by atoms with Gasteiger partial charge in [-0.25, -0.2) is 4.39 Å². The lowest BCUT2D eigenvalue weighted by Gasteiger charge is -2.28. The fourth-order valence-electron chi connectivity index (χ4n) is 5.04. The minimum absolute atomic E-state index is 0.152. The molecule has 4 aromatic rings. The number of nitrogens with zero attached hydrogens (tertiary/aromatic N) is 3. The van der Waals surface area contributed by atoms with Gasteiger partial charge < -0.3 is 20.1 Å². The third kappa shape index (κ3) is 4.97. The lowest BCUT2D eigenvalue weighted by Crippen LogP contribution is -2.33. The number of hydrogen-bond donors (Lipinski definition) is 2. The quantitative estimate of drug-likeness (QED) is 0.314. The number of amides is 1. The second-order valence-electron chi connectivity index (χ2n) is 9.10. The van der Waals surface area contributed by atoms with Gasteiger partial charge in [-0.1, -0.05) is 36.4 Å². The summed E-state index contributed by atoms with van der Waals surface area (Å²) in [5, 5.41) is 6.67. The van der Waals surface area contributed by atoms with Gasteiger partial charge in [0.1, 0.15) is 5.82 Å². The van der Waals surface area contributed by atoms with Crippen LogP contribution in [0.25, 0.3) is 5.69 Å². The van der Waals surface area contributed by atoms with Gasteiger partial charge >= 0.3 is 0 Å². The topological polar surface area (TPSA) is 62.2 Å². The lowest BCUT2D eigenvalue weighted by atomic mass is 9.96. The molecule has 0 bridgehead atoms. The summed E-state index contributed by atoms with van der Waals surface area (Å²) in [6, 6.07) is 24.0. The van der Waals surface area contributed by atoms with Crippen molar-refractivity contribution in [3.05, 3.63) is 114 Å². The number of carbonyl (C=O) groups is 1. The van der Waals surface area contributed by atoms with Gasteiger partial charge in [-0.2, -0.15) is 0 Å². The molecule has 0 saturated carbocycles. The van der Waals surface area contributed by atoms with E-state index in [1.807, 2.05) is 41.3 Å². The first-order valence-corrected chi connectivity index (χ1v) is 12.6. The molecule has 2 N–H and O–H groups in total. The van der Waals surface area contributed by atoms with Gasteiger partial charge in [-0.3, -0.25) is 9.78 Å². The number of halogens is 1. The van der Waals surface area contributed by atoms with Gasteiger partial charge in [-0.05, 0) is 74.1 Å². The highest BCUT2D eigenvalue weighted by Crippen LogP contribution is 2.41. The van der Waals surface area contributed by atoms with Gasteiger partial charge in [0.05, 0.1) is 23.5 Å². The van der Waals surface area contributed by atoms with Crippen molar-refractivity contribution >= 4 is 28.9 Å². The first-order valence-electron chi connectivity index (χ1n) is 12.2. The second-order valence-corrected chi connectivity index (χ2v) is 9.48. The Kier molecular flexibility index (Phi) is 7.01. The minimum Gasteiger partial charge on any atom is -0.352 e. The zero-order valence-electron chi connectivity index (χ0n) is 20.7. The van der Waals surface area contributed by atoms with Crippen molar-refractivity contribution in [3.8, 4) is 5.69 Å². The maximum atomic E-state index is 14.0. The van der Waals surface area contributed by atoms with E-state index in [-0.39, 0.29) is 30.1 Å². The summed E-state index contributed by atoms with van der Waals surface area (Å²) >= 11 is 5.76. The molecule has 6 nitrogen and oxygen atoms in total. The van der Waals surface area contributed by atoms with Crippen LogP contribution in [-0.4, -0.2) is 32.0 Å². The van der Waals surface area contributed by atoms with Gasteiger partial charge in [0, 0.05) is 36.2 Å². The molecule has 8 heteroatoms. The molecule has 1 aliphatic heterocycles. The van der Waals surface area contributed by atoms with E-state index in [0.29, 0.717) is 11.7 Å². The second kappa shape index (κ2) is 10.5. The van der Waals surface area contributed by atoms with Crippen LogP contribution in [0.1, 0.15) is 41.1 Å². The first-order chi connectivity index (χ1) is 17.9. The molecule has 2 atom stereocenters. The number of para-hydroxylation sites is 2. The Morgan fingerprint density at radius 1 is 1.05 bits per heavy atom. The van der Waals surface area contributed by atoms with Crippen LogP contribution in [0.2, 0.25) is 0 Å². The van der Waals surface area contributed by atoms with E-state index >= 15 is 0 Å². The Labute approximate surface area is 221 Å². The molecule has 3 heterocycles. The fourth-order valence-corrected chi connectivity index (χ4v) is 5.38. The number of benzene rings is 2. The molecule has 0 spiro atoms. The fraction of sp³-hybridized carbons (Fsp3) is 0.207. The molecule has 37 heavy (non-hydrogen) atoms. The summed E-state index contributed by atoms with van der Waals surface area (Å²) in [5.41, 5.74) is 5.44. The molecule has 1 saturated heterocycles. The van der Waals surface area contributed by atoms with E-state index in [2.05, 4.69) is 52.2 Å². The lowest BCUT2D eigenvalue weighted by molar-refractivity contribution is -0.116. The van der Waals surface area contributed by atoms with E-state index in [4.69, 9.17) is 12.2 Å². The maximum Gasteiger partial charge on any atom is 0.226 e. The molecule has 2 aromatic carbocycles. The van der Waals surface area contributed by atoms with Gasteiger partial charge in [0.2, 0.25) is 5.91 Å². The van der Waals surface area contributed by atoms with Crippen molar-refractivity contribution in [2.75, 3.05) is 11.9 Å². The SMILES string of the molecule is Cc1cc([C@H]2[C@@H](c3ccccn3)NC(=S)N2CCC(=O)Nc2ccccc2F)c(C)n1-c1ccccc1. The van der Waals surface area contributed by atoms with E-state index in [1.165, 1.54) is 6.07 Å². The molecule has 5 rings (SSSR count). The minimum atomic E-state index is -0.462. The van der Waals surface area contributed by atoms with Crippen LogP contribution >= 0.6 is 12.2 Å². The average Bonchev–Trinajstić information content (AvgIpc) is 3.39. The third-order valence-corrected chi connectivity index (χ3v) is 7.08. The number of pyridine rings is 1. The predicted molar refractivity (Wildman–Crippen MR) is 147 cm³/mol. The standard InChI is InChI=1S/C29H28FN5OS/c1-19-18-22(20(2)35(19)21-10-4-3-5-11-21)28-27(25-14-8-9-16-31-25)33-29(37)34(28)17-15-26(36)32-24-13-7-6-12-23(24)30/h3-14,16,18,27-28H,15,17H2,1-2H3,(H,32,36)(H,33,37)/t27-,28+/m1/s1. The molecule has 2 aromatic heterocycles. The van der Waals surface area contributed by atoms with Gasteiger partial charge in [0.15, 0.2) is 5.11 Å². The van der Waals surface area contributed by atoms with Gasteiger partial charge in [-0.15, -0.1) is 0 Å². The van der Waals surface area contributed by atoms with Crippen LogP contribution < -0.4 is 10.6 Å². The number of rotatable bonds is 7. The Bertz CT molecular complexity index is 1420. The van der Waals surface area contributed by atoms with Gasteiger partial charge in [0.25, 0.3) is 0 Å². The number of aromatic nitrogens is 2. The molecular weight excluding hydrogens is 485 g/mol. The van der Waals surface area contributed by atoms with Crippen LogP contribution in [0.3, 0.4) is 0 Å². The van der Waals surface area contributed by atoms with Crippen molar-refractivity contribution in [2.24, 2.45) is 0 Å². The highest BCUT2D eigenvalue weighted by molar-refractivity contribution is 7.80. The maximum absolute atomic E-state index is 14.0. The zero-order chi connectivity index (χ0) is 25.9. The third-order valence-electron chi connectivity index (χ3n) is 6.73. The summed E-state index contributed by atoms with van der Waals surface area (Å²) in [6.45, 7) is 4.57. The molecule has 0 aliphatic carbocycles. The highest BCUT2D eigenvalue weighted by atomic mass is 32.1. The van der Waals surface area contributed by atoms with E-state index in [0.717, 1.165) is 28.3 Å². The van der Waals surface area contributed by atoms with E-state index in [1.54, 1.807) is 24.4 Å². The number of hydrogen-bond acceptors (Lipinski definition) is 3. The average molecular weight is 514 g/mol. The van der Waals surface area contributed by atoms with Crippen molar-refractivity contribution in [2.45, 2.75) is 32.4 Å². The largest absolute Gasteiger partial charge is 0.352 e. The monoisotopic (exact) mass is 513 g/mol. The number of nitrogens with one attached hydrogen (secondary N) is 2. The smallest absolute Gasteiger partial charge is 0.226 e. The molecule has 1 fully saturated rings. The number of thiocarbonyl (C=S) groups is 1. The molecule has 188 valence electrons. The van der Waals surface area contributed by atoms with Crippen LogP contribution in [-0.2, 0) is 4.79 Å². The molecule has 1 amide bonds. The van der Waals surface area contributed by atoms with Crippen molar-refractivity contribution in [1.29, 1.82) is 0 Å². The summed E-state index contributed by atoms with van der Waals surface area (Å²) in [5.74, 6) is -0.738. The van der Waals surface area contributed by atoms with E-state index < -0.39 is 5.82 Å². The van der Waals surface area contributed by atoms with Crippen LogP contribution in [0.4, 0.5) is 10.1 Å². The highest BCUT2D eigenvalue weighted by Gasteiger charge is 2.41. The zero-order valence-corrected chi connectivity index (χ0v) is 21.5. The summed E-state index contributed by atoms with van der Waals surface area (Å²) in [4.78, 5) is 19.4. The number of carbonyl (C=O) groups excluding carboxylic acids is 1. The molecule has 1 aliphatic rings. The normalized spacial score (nSPS) is 17.1.